The number of nitrogen functional groups attached to an aromatic ring is 1. The fourth-order valence-electron chi connectivity index (χ4n) is 2.71. The van der Waals surface area contributed by atoms with Crippen molar-refractivity contribution in [2.24, 2.45) is 0 Å². The molecule has 0 spiro atoms. The zero-order valence-electron chi connectivity index (χ0n) is 15.6. The Morgan fingerprint density at radius 3 is 2.03 bits per heavy atom. The van der Waals surface area contributed by atoms with Crippen LogP contribution in [0.5, 0.6) is 0 Å². The molecule has 0 saturated carbocycles. The SMILES string of the molecule is Nc1nc(NCc2ccncn2)nc(N(c2ccc(F)cc2)c2ccc(F)cc2)n1. The molecule has 10 heteroatoms. The molecule has 4 aromatic rings. The van der Waals surface area contributed by atoms with Crippen LogP contribution in [0.1, 0.15) is 5.69 Å². The Hall–Kier alpha value is -4.21. The van der Waals surface area contributed by atoms with Crippen molar-refractivity contribution in [3.63, 3.8) is 0 Å². The van der Waals surface area contributed by atoms with Gasteiger partial charge in [-0.05, 0) is 54.6 Å². The van der Waals surface area contributed by atoms with Crippen molar-refractivity contribution in [2.75, 3.05) is 16.0 Å². The predicted molar refractivity (Wildman–Crippen MR) is 108 cm³/mol. The standard InChI is InChI=1S/C20H16F2N8/c21-13-1-5-16(6-2-13)30(17-7-3-14(22)4-8-17)20-28-18(23)27-19(29-20)25-11-15-9-10-24-12-26-15/h1-10,12H,11H2,(H3,23,25,27,28,29). The zero-order valence-corrected chi connectivity index (χ0v) is 15.6. The van der Waals surface area contributed by atoms with Gasteiger partial charge in [-0.2, -0.15) is 15.0 Å². The lowest BCUT2D eigenvalue weighted by Crippen LogP contribution is -2.17. The summed E-state index contributed by atoms with van der Waals surface area (Å²) in [5.41, 5.74) is 7.76. The number of nitrogens with two attached hydrogens (primary N) is 1. The van der Waals surface area contributed by atoms with E-state index in [1.807, 2.05) is 0 Å². The smallest absolute Gasteiger partial charge is 0.241 e. The van der Waals surface area contributed by atoms with E-state index in [-0.39, 0.29) is 29.5 Å². The molecule has 2 aromatic carbocycles. The summed E-state index contributed by atoms with van der Waals surface area (Å²) in [5.74, 6) is -0.379. The summed E-state index contributed by atoms with van der Waals surface area (Å²) in [5, 5.41) is 3.04. The van der Waals surface area contributed by atoms with Crippen molar-refractivity contribution < 1.29 is 8.78 Å². The largest absolute Gasteiger partial charge is 0.368 e. The third-order valence-electron chi connectivity index (χ3n) is 4.08. The first kappa shape index (κ1) is 19.1. The van der Waals surface area contributed by atoms with Gasteiger partial charge in [-0.15, -0.1) is 0 Å². The van der Waals surface area contributed by atoms with Crippen LogP contribution in [0.3, 0.4) is 0 Å². The Kier molecular flexibility index (Phi) is 5.37. The Balaban J connectivity index is 1.71. The van der Waals surface area contributed by atoms with Crippen LogP contribution in [0.4, 0.5) is 38.0 Å². The molecule has 150 valence electrons. The molecule has 0 aliphatic carbocycles. The van der Waals surface area contributed by atoms with Crippen LogP contribution >= 0.6 is 0 Å². The molecule has 8 nitrogen and oxygen atoms in total. The van der Waals surface area contributed by atoms with Crippen LogP contribution in [0.25, 0.3) is 0 Å². The second-order valence-corrected chi connectivity index (χ2v) is 6.16. The van der Waals surface area contributed by atoms with E-state index in [1.54, 1.807) is 41.4 Å². The van der Waals surface area contributed by atoms with Crippen molar-refractivity contribution >= 4 is 29.2 Å². The first-order chi connectivity index (χ1) is 14.6. The highest BCUT2D eigenvalue weighted by molar-refractivity contribution is 5.73. The van der Waals surface area contributed by atoms with E-state index in [1.165, 1.54) is 30.6 Å². The molecule has 0 amide bonds. The molecular weight excluding hydrogens is 390 g/mol. The van der Waals surface area contributed by atoms with Gasteiger partial charge in [-0.1, -0.05) is 0 Å². The summed E-state index contributed by atoms with van der Waals surface area (Å²) >= 11 is 0. The van der Waals surface area contributed by atoms with Crippen LogP contribution in [-0.2, 0) is 6.54 Å². The minimum atomic E-state index is -0.389. The summed E-state index contributed by atoms with van der Waals surface area (Å²) in [6.45, 7) is 0.346. The van der Waals surface area contributed by atoms with Gasteiger partial charge in [-0.3, -0.25) is 4.90 Å². The van der Waals surface area contributed by atoms with E-state index in [2.05, 4.69) is 30.2 Å². The van der Waals surface area contributed by atoms with Gasteiger partial charge in [-0.25, -0.2) is 18.7 Å². The van der Waals surface area contributed by atoms with Crippen LogP contribution in [0.2, 0.25) is 0 Å². The van der Waals surface area contributed by atoms with E-state index in [9.17, 15) is 8.78 Å². The normalized spacial score (nSPS) is 10.6. The van der Waals surface area contributed by atoms with Crippen molar-refractivity contribution in [1.82, 2.24) is 24.9 Å². The van der Waals surface area contributed by atoms with Gasteiger partial charge >= 0.3 is 0 Å². The number of nitrogens with one attached hydrogen (secondary N) is 1. The van der Waals surface area contributed by atoms with Gasteiger partial charge < -0.3 is 11.1 Å². The van der Waals surface area contributed by atoms with E-state index in [0.29, 0.717) is 17.9 Å². The summed E-state index contributed by atoms with van der Waals surface area (Å²) in [6, 6.07) is 13.2. The molecule has 0 bridgehead atoms. The van der Waals surface area contributed by atoms with Crippen LogP contribution in [0, 0.1) is 11.6 Å². The second-order valence-electron chi connectivity index (χ2n) is 6.16. The highest BCUT2D eigenvalue weighted by Crippen LogP contribution is 2.32. The van der Waals surface area contributed by atoms with Gasteiger partial charge in [0.25, 0.3) is 0 Å². The number of anilines is 5. The molecule has 0 saturated heterocycles. The molecule has 3 N–H and O–H groups in total. The predicted octanol–water partition coefficient (Wildman–Crippen LogP) is 3.60. The van der Waals surface area contributed by atoms with Gasteiger partial charge in [0.15, 0.2) is 0 Å². The van der Waals surface area contributed by atoms with Gasteiger partial charge in [0.1, 0.15) is 18.0 Å². The van der Waals surface area contributed by atoms with Crippen LogP contribution in [0.15, 0.2) is 67.1 Å². The number of halogens is 2. The summed E-state index contributed by atoms with van der Waals surface area (Å²) in [6.07, 6.45) is 3.07. The Bertz CT molecular complexity index is 1080. The number of benzene rings is 2. The third-order valence-corrected chi connectivity index (χ3v) is 4.08. The molecule has 0 atom stereocenters. The van der Waals surface area contributed by atoms with E-state index < -0.39 is 0 Å². The molecule has 0 aliphatic heterocycles. The maximum absolute atomic E-state index is 13.4. The van der Waals surface area contributed by atoms with Crippen LogP contribution in [-0.4, -0.2) is 24.9 Å². The Morgan fingerprint density at radius 2 is 1.47 bits per heavy atom. The number of aromatic nitrogens is 5. The number of hydrogen-bond acceptors (Lipinski definition) is 8. The fourth-order valence-corrected chi connectivity index (χ4v) is 2.71. The highest BCUT2D eigenvalue weighted by Gasteiger charge is 2.18. The van der Waals surface area contributed by atoms with Gasteiger partial charge in [0.2, 0.25) is 17.8 Å². The van der Waals surface area contributed by atoms with Crippen molar-refractivity contribution in [3.8, 4) is 0 Å². The third kappa shape index (κ3) is 4.43. The van der Waals surface area contributed by atoms with E-state index in [4.69, 9.17) is 5.73 Å². The first-order valence-corrected chi connectivity index (χ1v) is 8.90. The van der Waals surface area contributed by atoms with E-state index in [0.717, 1.165) is 5.69 Å². The fraction of sp³-hybridized carbons (Fsp3) is 0.0500. The van der Waals surface area contributed by atoms with Crippen molar-refractivity contribution in [2.45, 2.75) is 6.54 Å². The Labute approximate surface area is 170 Å². The molecule has 2 aromatic heterocycles. The maximum atomic E-state index is 13.4. The topological polar surface area (TPSA) is 106 Å². The van der Waals surface area contributed by atoms with E-state index >= 15 is 0 Å². The van der Waals surface area contributed by atoms with Gasteiger partial charge in [0.05, 0.1) is 12.2 Å². The lowest BCUT2D eigenvalue weighted by Gasteiger charge is -2.23. The second kappa shape index (κ2) is 8.43. The van der Waals surface area contributed by atoms with Gasteiger partial charge in [0, 0.05) is 17.6 Å². The molecule has 0 unspecified atom stereocenters. The molecule has 30 heavy (non-hydrogen) atoms. The number of nitrogens with zero attached hydrogens (tertiary/aromatic N) is 6. The highest BCUT2D eigenvalue weighted by atomic mass is 19.1. The van der Waals surface area contributed by atoms with Crippen LogP contribution < -0.4 is 16.0 Å². The van der Waals surface area contributed by atoms with Crippen molar-refractivity contribution in [3.05, 3.63) is 84.4 Å². The average molecular weight is 406 g/mol. The summed E-state index contributed by atoms with van der Waals surface area (Å²) < 4.78 is 26.9. The first-order valence-electron chi connectivity index (χ1n) is 8.90. The molecule has 0 aliphatic rings. The average Bonchev–Trinajstić information content (AvgIpc) is 2.76. The molecule has 4 rings (SSSR count). The summed E-state index contributed by atoms with van der Waals surface area (Å²) in [7, 11) is 0. The minimum Gasteiger partial charge on any atom is -0.368 e. The molecule has 2 heterocycles. The number of rotatable bonds is 6. The lowest BCUT2D eigenvalue weighted by molar-refractivity contribution is 0.628. The maximum Gasteiger partial charge on any atom is 0.241 e. The minimum absolute atomic E-state index is 0.0144. The monoisotopic (exact) mass is 406 g/mol. The Morgan fingerprint density at radius 1 is 0.833 bits per heavy atom. The molecule has 0 radical (unpaired) electrons. The lowest BCUT2D eigenvalue weighted by atomic mass is 10.2. The molecule has 0 fully saturated rings. The summed E-state index contributed by atoms with van der Waals surface area (Å²) in [4.78, 5) is 22.4. The quantitative estimate of drug-likeness (QED) is 0.500. The molecular formula is C20H16F2N8. The zero-order chi connectivity index (χ0) is 20.9. The number of hydrogen-bond donors (Lipinski definition) is 2. The van der Waals surface area contributed by atoms with Crippen molar-refractivity contribution in [1.29, 1.82) is 0 Å².